The molecule has 0 aliphatic rings. The molecule has 0 saturated heterocycles. The number of anilines is 2. The first-order valence-electron chi connectivity index (χ1n) is 5.19. The molecule has 1 aromatic heterocycles. The topological polar surface area (TPSA) is 68.8 Å². The maximum absolute atomic E-state index is 5.60. The van der Waals surface area contributed by atoms with Crippen LogP contribution in [0.15, 0.2) is 30.6 Å². The van der Waals surface area contributed by atoms with Crippen LogP contribution in [0.2, 0.25) is 0 Å². The summed E-state index contributed by atoms with van der Waals surface area (Å²) in [6.45, 7) is 4.33. The summed E-state index contributed by atoms with van der Waals surface area (Å²) in [6.07, 6.45) is 1.45. The second-order valence-electron chi connectivity index (χ2n) is 3.96. The van der Waals surface area contributed by atoms with Gasteiger partial charge in [-0.2, -0.15) is 0 Å². The molecule has 1 heterocycles. The van der Waals surface area contributed by atoms with E-state index in [4.69, 9.17) is 5.84 Å². The van der Waals surface area contributed by atoms with Crippen LogP contribution < -0.4 is 11.2 Å². The lowest BCUT2D eigenvalue weighted by atomic mass is 10.0. The molecule has 84 valence electrons. The number of nitrogens with zero attached hydrogens (tertiary/aromatic N) is 3. The first-order valence-corrected chi connectivity index (χ1v) is 5.19. The van der Waals surface area contributed by atoms with Gasteiger partial charge in [-0.25, -0.2) is 4.68 Å². The van der Waals surface area contributed by atoms with Crippen LogP contribution in [0.1, 0.15) is 25.3 Å². The number of nitrogen functional groups attached to an aromatic ring is 1. The number of rotatable bonds is 3. The summed E-state index contributed by atoms with van der Waals surface area (Å²) in [5.41, 5.74) is 2.25. The minimum Gasteiger partial charge on any atom is -0.335 e. The fourth-order valence-corrected chi connectivity index (χ4v) is 1.41. The van der Waals surface area contributed by atoms with Crippen LogP contribution in [0.25, 0.3) is 0 Å². The van der Waals surface area contributed by atoms with Gasteiger partial charge >= 0.3 is 0 Å². The molecule has 0 atom stereocenters. The van der Waals surface area contributed by atoms with Gasteiger partial charge in [0.25, 0.3) is 0 Å². The van der Waals surface area contributed by atoms with Gasteiger partial charge in [-0.15, -0.1) is 10.2 Å². The molecule has 0 radical (unpaired) electrons. The van der Waals surface area contributed by atoms with Gasteiger partial charge in [-0.1, -0.05) is 26.0 Å². The smallest absolute Gasteiger partial charge is 0.247 e. The Morgan fingerprint density at radius 3 is 2.44 bits per heavy atom. The molecular formula is C11H15N5. The minimum absolute atomic E-state index is 0.525. The fourth-order valence-electron chi connectivity index (χ4n) is 1.41. The molecule has 0 aliphatic heterocycles. The zero-order valence-corrected chi connectivity index (χ0v) is 9.38. The van der Waals surface area contributed by atoms with Gasteiger partial charge in [0.2, 0.25) is 5.95 Å². The zero-order chi connectivity index (χ0) is 11.5. The summed E-state index contributed by atoms with van der Waals surface area (Å²) in [5, 5.41) is 10.6. The molecule has 2 aromatic rings. The average molecular weight is 217 g/mol. The molecule has 0 unspecified atom stereocenters. The molecule has 2 rings (SSSR count). The molecule has 3 N–H and O–H groups in total. The van der Waals surface area contributed by atoms with Crippen molar-refractivity contribution < 1.29 is 0 Å². The van der Waals surface area contributed by atoms with Gasteiger partial charge in [-0.3, -0.25) is 0 Å². The molecule has 1 aromatic carbocycles. The van der Waals surface area contributed by atoms with E-state index in [0.717, 1.165) is 5.69 Å². The van der Waals surface area contributed by atoms with Crippen LogP contribution in [0.3, 0.4) is 0 Å². The van der Waals surface area contributed by atoms with Crippen molar-refractivity contribution in [1.82, 2.24) is 14.9 Å². The minimum atomic E-state index is 0.525. The maximum Gasteiger partial charge on any atom is 0.247 e. The van der Waals surface area contributed by atoms with Crippen molar-refractivity contribution >= 4 is 11.6 Å². The average Bonchev–Trinajstić information content (AvgIpc) is 2.65. The third kappa shape index (κ3) is 2.13. The lowest BCUT2D eigenvalue weighted by molar-refractivity contribution is 0.867. The summed E-state index contributed by atoms with van der Waals surface area (Å²) in [7, 11) is 0. The molecular weight excluding hydrogens is 202 g/mol. The van der Waals surface area contributed by atoms with Gasteiger partial charge in [0.1, 0.15) is 6.33 Å². The van der Waals surface area contributed by atoms with Gasteiger partial charge in [-0.05, 0) is 23.6 Å². The molecule has 0 bridgehead atoms. The zero-order valence-electron chi connectivity index (χ0n) is 9.38. The van der Waals surface area contributed by atoms with E-state index in [9.17, 15) is 0 Å². The van der Waals surface area contributed by atoms with E-state index in [-0.39, 0.29) is 0 Å². The lowest BCUT2D eigenvalue weighted by Crippen LogP contribution is -2.10. The second-order valence-corrected chi connectivity index (χ2v) is 3.96. The Morgan fingerprint density at radius 2 is 1.94 bits per heavy atom. The van der Waals surface area contributed by atoms with Crippen molar-refractivity contribution in [2.45, 2.75) is 19.8 Å². The standard InChI is InChI=1S/C11H15N5/c1-8(2)9-3-5-10(6-4-9)14-11-15-13-7-16(11)12/h3-8H,12H2,1-2H3,(H,14,15). The van der Waals surface area contributed by atoms with Crippen molar-refractivity contribution in [1.29, 1.82) is 0 Å². The SMILES string of the molecule is CC(C)c1ccc(Nc2nncn2N)cc1. The number of benzene rings is 1. The first-order chi connectivity index (χ1) is 7.66. The van der Waals surface area contributed by atoms with Crippen molar-refractivity contribution in [3.05, 3.63) is 36.2 Å². The summed E-state index contributed by atoms with van der Waals surface area (Å²) >= 11 is 0. The Hall–Kier alpha value is -2.04. The van der Waals surface area contributed by atoms with Crippen LogP contribution in [-0.4, -0.2) is 14.9 Å². The Morgan fingerprint density at radius 1 is 1.25 bits per heavy atom. The number of aromatic nitrogens is 3. The highest BCUT2D eigenvalue weighted by Crippen LogP contribution is 2.18. The van der Waals surface area contributed by atoms with Gasteiger partial charge in [0, 0.05) is 5.69 Å². The molecule has 16 heavy (non-hydrogen) atoms. The quantitative estimate of drug-likeness (QED) is 0.770. The van der Waals surface area contributed by atoms with Gasteiger partial charge in [0.05, 0.1) is 0 Å². The predicted octanol–water partition coefficient (Wildman–Crippen LogP) is 1.86. The second kappa shape index (κ2) is 4.22. The summed E-state index contributed by atoms with van der Waals surface area (Å²) in [4.78, 5) is 0. The molecule has 0 spiro atoms. The van der Waals surface area contributed by atoms with E-state index in [2.05, 4.69) is 41.5 Å². The Labute approximate surface area is 94.3 Å². The van der Waals surface area contributed by atoms with E-state index in [1.54, 1.807) is 0 Å². The molecule has 0 fully saturated rings. The molecule has 5 heteroatoms. The third-order valence-electron chi connectivity index (χ3n) is 2.41. The highest BCUT2D eigenvalue weighted by molar-refractivity contribution is 5.53. The summed E-state index contributed by atoms with van der Waals surface area (Å²) < 4.78 is 1.34. The molecule has 0 amide bonds. The van der Waals surface area contributed by atoms with Crippen molar-refractivity contribution in [3.8, 4) is 0 Å². The van der Waals surface area contributed by atoms with Crippen molar-refractivity contribution in [3.63, 3.8) is 0 Å². The first kappa shape index (κ1) is 10.5. The molecule has 0 aliphatic carbocycles. The van der Waals surface area contributed by atoms with Gasteiger partial charge < -0.3 is 11.2 Å². The van der Waals surface area contributed by atoms with Crippen LogP contribution in [0, 0.1) is 0 Å². The number of hydrogen-bond donors (Lipinski definition) is 2. The van der Waals surface area contributed by atoms with E-state index in [1.807, 2.05) is 12.1 Å². The van der Waals surface area contributed by atoms with Crippen LogP contribution in [0.5, 0.6) is 0 Å². The summed E-state index contributed by atoms with van der Waals surface area (Å²) in [6, 6.07) is 8.18. The van der Waals surface area contributed by atoms with Crippen molar-refractivity contribution in [2.24, 2.45) is 0 Å². The molecule has 5 nitrogen and oxygen atoms in total. The Bertz CT molecular complexity index is 457. The van der Waals surface area contributed by atoms with Crippen LogP contribution in [0.4, 0.5) is 11.6 Å². The van der Waals surface area contributed by atoms with Crippen molar-refractivity contribution in [2.75, 3.05) is 11.2 Å². The fraction of sp³-hybridized carbons (Fsp3) is 0.273. The van der Waals surface area contributed by atoms with Crippen LogP contribution >= 0.6 is 0 Å². The monoisotopic (exact) mass is 217 g/mol. The Balaban J connectivity index is 2.14. The normalized spacial score (nSPS) is 10.7. The highest BCUT2D eigenvalue weighted by atomic mass is 15.4. The summed E-state index contributed by atoms with van der Waals surface area (Å²) in [5.74, 6) is 6.66. The van der Waals surface area contributed by atoms with E-state index < -0.39 is 0 Å². The van der Waals surface area contributed by atoms with Crippen LogP contribution in [-0.2, 0) is 0 Å². The lowest BCUT2D eigenvalue weighted by Gasteiger charge is -2.08. The third-order valence-corrected chi connectivity index (χ3v) is 2.41. The van der Waals surface area contributed by atoms with Gasteiger partial charge in [0.15, 0.2) is 0 Å². The highest BCUT2D eigenvalue weighted by Gasteiger charge is 2.02. The number of nitrogens with one attached hydrogen (secondary N) is 1. The maximum atomic E-state index is 5.60. The Kier molecular flexibility index (Phi) is 2.76. The largest absolute Gasteiger partial charge is 0.335 e. The number of hydrogen-bond acceptors (Lipinski definition) is 4. The number of nitrogens with two attached hydrogens (primary N) is 1. The van der Waals surface area contributed by atoms with E-state index in [1.165, 1.54) is 16.6 Å². The van der Waals surface area contributed by atoms with E-state index >= 15 is 0 Å². The predicted molar refractivity (Wildman–Crippen MR) is 64.0 cm³/mol. The molecule has 0 saturated carbocycles. The van der Waals surface area contributed by atoms with E-state index in [0.29, 0.717) is 11.9 Å².